The number of nitrogens with zero attached hydrogens (tertiary/aromatic N) is 3. The molecular formula is C14H18FN3. The van der Waals surface area contributed by atoms with Crippen molar-refractivity contribution in [2.24, 2.45) is 0 Å². The average molecular weight is 247 g/mol. The van der Waals surface area contributed by atoms with Crippen molar-refractivity contribution in [2.45, 2.75) is 13.0 Å². The van der Waals surface area contributed by atoms with E-state index in [1.807, 2.05) is 12.1 Å². The Kier molecular flexibility index (Phi) is 4.68. The molecule has 1 heterocycles. The highest BCUT2D eigenvalue weighted by molar-refractivity contribution is 5.17. The molecule has 0 unspecified atom stereocenters. The SMILES string of the molecule is N#CCCN1CCN(Cc2ccccc2F)CC1. The monoisotopic (exact) mass is 247 g/mol. The molecule has 0 bridgehead atoms. The van der Waals surface area contributed by atoms with E-state index in [0.29, 0.717) is 13.0 Å². The van der Waals surface area contributed by atoms with Crippen LogP contribution in [0.25, 0.3) is 0 Å². The zero-order valence-corrected chi connectivity index (χ0v) is 10.5. The van der Waals surface area contributed by atoms with Gasteiger partial charge in [-0.2, -0.15) is 5.26 Å². The summed E-state index contributed by atoms with van der Waals surface area (Å²) in [6.45, 7) is 5.36. The number of rotatable bonds is 4. The molecule has 1 aromatic rings. The lowest BCUT2D eigenvalue weighted by Crippen LogP contribution is -2.46. The minimum Gasteiger partial charge on any atom is -0.300 e. The summed E-state index contributed by atoms with van der Waals surface area (Å²) in [4.78, 5) is 4.56. The van der Waals surface area contributed by atoms with Crippen LogP contribution >= 0.6 is 0 Å². The fourth-order valence-electron chi connectivity index (χ4n) is 2.25. The van der Waals surface area contributed by atoms with Gasteiger partial charge in [-0.05, 0) is 6.07 Å². The first-order chi connectivity index (χ1) is 8.79. The zero-order valence-electron chi connectivity index (χ0n) is 10.5. The van der Waals surface area contributed by atoms with Crippen LogP contribution in [-0.2, 0) is 6.54 Å². The van der Waals surface area contributed by atoms with E-state index >= 15 is 0 Å². The van der Waals surface area contributed by atoms with Gasteiger partial charge in [0.2, 0.25) is 0 Å². The van der Waals surface area contributed by atoms with Crippen molar-refractivity contribution < 1.29 is 4.39 Å². The Bertz CT molecular complexity index is 419. The van der Waals surface area contributed by atoms with Crippen LogP contribution in [-0.4, -0.2) is 42.5 Å². The maximum Gasteiger partial charge on any atom is 0.127 e. The summed E-state index contributed by atoms with van der Waals surface area (Å²) in [7, 11) is 0. The van der Waals surface area contributed by atoms with Crippen LogP contribution in [0.5, 0.6) is 0 Å². The molecule has 0 aliphatic carbocycles. The highest BCUT2D eigenvalue weighted by Crippen LogP contribution is 2.11. The Morgan fingerprint density at radius 1 is 1.11 bits per heavy atom. The summed E-state index contributed by atoms with van der Waals surface area (Å²) in [6.07, 6.45) is 0.591. The van der Waals surface area contributed by atoms with Gasteiger partial charge in [0.25, 0.3) is 0 Å². The second-order valence-electron chi connectivity index (χ2n) is 4.62. The molecule has 0 N–H and O–H groups in total. The van der Waals surface area contributed by atoms with Gasteiger partial charge in [0.05, 0.1) is 6.07 Å². The van der Waals surface area contributed by atoms with Gasteiger partial charge in [-0.25, -0.2) is 4.39 Å². The molecule has 1 aromatic carbocycles. The van der Waals surface area contributed by atoms with Gasteiger partial charge in [0.15, 0.2) is 0 Å². The van der Waals surface area contributed by atoms with E-state index in [0.717, 1.165) is 38.3 Å². The molecule has 0 saturated carbocycles. The third-order valence-electron chi connectivity index (χ3n) is 3.36. The zero-order chi connectivity index (χ0) is 12.8. The predicted octanol–water partition coefficient (Wildman–Crippen LogP) is 1.86. The van der Waals surface area contributed by atoms with Crippen molar-refractivity contribution in [3.8, 4) is 6.07 Å². The van der Waals surface area contributed by atoms with E-state index in [9.17, 15) is 4.39 Å². The number of nitriles is 1. The maximum absolute atomic E-state index is 13.5. The average Bonchev–Trinajstić information content (AvgIpc) is 2.41. The summed E-state index contributed by atoms with van der Waals surface area (Å²) in [5.74, 6) is -0.121. The maximum atomic E-state index is 13.5. The third kappa shape index (κ3) is 3.52. The fourth-order valence-corrected chi connectivity index (χ4v) is 2.25. The smallest absolute Gasteiger partial charge is 0.127 e. The normalized spacial score (nSPS) is 17.6. The molecule has 1 aliphatic heterocycles. The van der Waals surface area contributed by atoms with E-state index < -0.39 is 0 Å². The Labute approximate surface area is 107 Å². The van der Waals surface area contributed by atoms with Crippen molar-refractivity contribution in [2.75, 3.05) is 32.7 Å². The molecular weight excluding hydrogens is 229 g/mol. The molecule has 0 amide bonds. The molecule has 0 radical (unpaired) electrons. The minimum atomic E-state index is -0.121. The predicted molar refractivity (Wildman–Crippen MR) is 68.3 cm³/mol. The van der Waals surface area contributed by atoms with E-state index in [1.54, 1.807) is 6.07 Å². The molecule has 4 heteroatoms. The Morgan fingerprint density at radius 2 is 1.78 bits per heavy atom. The van der Waals surface area contributed by atoms with Gasteiger partial charge < -0.3 is 0 Å². The Morgan fingerprint density at radius 3 is 2.44 bits per heavy atom. The van der Waals surface area contributed by atoms with Crippen molar-refractivity contribution in [1.82, 2.24) is 9.80 Å². The molecule has 96 valence electrons. The van der Waals surface area contributed by atoms with Crippen molar-refractivity contribution in [3.05, 3.63) is 35.6 Å². The second-order valence-corrected chi connectivity index (χ2v) is 4.62. The molecule has 18 heavy (non-hydrogen) atoms. The second kappa shape index (κ2) is 6.48. The van der Waals surface area contributed by atoms with Crippen LogP contribution in [0.15, 0.2) is 24.3 Å². The van der Waals surface area contributed by atoms with Gasteiger partial charge in [-0.3, -0.25) is 9.80 Å². The molecule has 1 fully saturated rings. The summed E-state index contributed by atoms with van der Waals surface area (Å²) in [5.41, 5.74) is 0.767. The summed E-state index contributed by atoms with van der Waals surface area (Å²) < 4.78 is 13.5. The van der Waals surface area contributed by atoms with Crippen LogP contribution in [0, 0.1) is 17.1 Å². The van der Waals surface area contributed by atoms with E-state index in [2.05, 4.69) is 15.9 Å². The number of halogens is 1. The first kappa shape index (κ1) is 13.0. The summed E-state index contributed by atoms with van der Waals surface area (Å²) >= 11 is 0. The van der Waals surface area contributed by atoms with Gasteiger partial charge in [0, 0.05) is 51.3 Å². The standard InChI is InChI=1S/C14H18FN3/c15-14-5-2-1-4-13(14)12-18-10-8-17(9-11-18)7-3-6-16/h1-2,4-5H,3,7-12H2. The first-order valence-electron chi connectivity index (χ1n) is 6.34. The molecule has 0 spiro atoms. The molecule has 3 nitrogen and oxygen atoms in total. The lowest BCUT2D eigenvalue weighted by atomic mass is 10.2. The lowest BCUT2D eigenvalue weighted by molar-refractivity contribution is 0.128. The first-order valence-corrected chi connectivity index (χ1v) is 6.34. The lowest BCUT2D eigenvalue weighted by Gasteiger charge is -2.34. The minimum absolute atomic E-state index is 0.121. The van der Waals surface area contributed by atoms with Gasteiger partial charge in [-0.1, -0.05) is 18.2 Å². The van der Waals surface area contributed by atoms with Gasteiger partial charge in [0.1, 0.15) is 5.82 Å². The molecule has 1 saturated heterocycles. The van der Waals surface area contributed by atoms with E-state index in [1.165, 1.54) is 6.07 Å². The van der Waals surface area contributed by atoms with E-state index in [4.69, 9.17) is 5.26 Å². The highest BCUT2D eigenvalue weighted by Gasteiger charge is 2.17. The van der Waals surface area contributed by atoms with Gasteiger partial charge in [-0.15, -0.1) is 0 Å². The van der Waals surface area contributed by atoms with Crippen molar-refractivity contribution in [3.63, 3.8) is 0 Å². The number of hydrogen-bond donors (Lipinski definition) is 0. The van der Waals surface area contributed by atoms with Gasteiger partial charge >= 0.3 is 0 Å². The highest BCUT2D eigenvalue weighted by atomic mass is 19.1. The number of benzene rings is 1. The van der Waals surface area contributed by atoms with Crippen LogP contribution in [0.4, 0.5) is 4.39 Å². The van der Waals surface area contributed by atoms with Crippen LogP contribution < -0.4 is 0 Å². The van der Waals surface area contributed by atoms with Crippen molar-refractivity contribution in [1.29, 1.82) is 5.26 Å². The number of piperazine rings is 1. The molecule has 0 aromatic heterocycles. The topological polar surface area (TPSA) is 30.3 Å². The largest absolute Gasteiger partial charge is 0.300 e. The Balaban J connectivity index is 1.80. The fraction of sp³-hybridized carbons (Fsp3) is 0.500. The Hall–Kier alpha value is -1.44. The van der Waals surface area contributed by atoms with E-state index in [-0.39, 0.29) is 5.82 Å². The summed E-state index contributed by atoms with van der Waals surface area (Å²) in [6, 6.07) is 9.12. The summed E-state index contributed by atoms with van der Waals surface area (Å²) in [5, 5.41) is 8.55. The quantitative estimate of drug-likeness (QED) is 0.813. The van der Waals surface area contributed by atoms with Crippen molar-refractivity contribution >= 4 is 0 Å². The molecule has 0 atom stereocenters. The van der Waals surface area contributed by atoms with Crippen LogP contribution in [0.2, 0.25) is 0 Å². The third-order valence-corrected chi connectivity index (χ3v) is 3.36. The molecule has 1 aliphatic rings. The number of hydrogen-bond acceptors (Lipinski definition) is 3. The van der Waals surface area contributed by atoms with Crippen LogP contribution in [0.3, 0.4) is 0 Å². The van der Waals surface area contributed by atoms with Crippen LogP contribution in [0.1, 0.15) is 12.0 Å². The molecule has 2 rings (SSSR count).